The Balaban J connectivity index is 1.56. The number of hydrogen-bond acceptors (Lipinski definition) is 5. The fourth-order valence-electron chi connectivity index (χ4n) is 2.80. The number of carbonyl (C=O) groups is 2. The van der Waals surface area contributed by atoms with E-state index in [1.165, 1.54) is 6.42 Å². The number of amides is 1. The molecule has 0 aromatic heterocycles. The molecular formula is C19H27NO5. The quantitative estimate of drug-likeness (QED) is 0.548. The van der Waals surface area contributed by atoms with E-state index in [9.17, 15) is 9.59 Å². The predicted molar refractivity (Wildman–Crippen MR) is 93.6 cm³/mol. The predicted octanol–water partition coefficient (Wildman–Crippen LogP) is 2.70. The average molecular weight is 349 g/mol. The van der Waals surface area contributed by atoms with Gasteiger partial charge >= 0.3 is 5.97 Å². The molecular weight excluding hydrogens is 322 g/mol. The molecule has 1 aromatic rings. The molecule has 0 unspecified atom stereocenters. The normalized spacial score (nSPS) is 14.6. The molecule has 25 heavy (non-hydrogen) atoms. The zero-order chi connectivity index (χ0) is 17.9. The van der Waals surface area contributed by atoms with E-state index in [2.05, 4.69) is 5.32 Å². The number of esters is 1. The van der Waals surface area contributed by atoms with Crippen molar-refractivity contribution in [3.63, 3.8) is 0 Å². The third kappa shape index (κ3) is 7.03. The highest BCUT2D eigenvalue weighted by molar-refractivity contribution is 5.81. The van der Waals surface area contributed by atoms with Crippen LogP contribution >= 0.6 is 0 Å². The molecule has 0 aliphatic heterocycles. The van der Waals surface area contributed by atoms with Crippen LogP contribution in [0.15, 0.2) is 24.3 Å². The van der Waals surface area contributed by atoms with Crippen molar-refractivity contribution >= 4 is 11.9 Å². The lowest BCUT2D eigenvalue weighted by Gasteiger charge is -2.19. The van der Waals surface area contributed by atoms with E-state index in [0.717, 1.165) is 31.4 Å². The topological polar surface area (TPSA) is 73.9 Å². The van der Waals surface area contributed by atoms with Crippen LogP contribution in [0.4, 0.5) is 0 Å². The van der Waals surface area contributed by atoms with Crippen LogP contribution in [-0.2, 0) is 14.3 Å². The third-order valence-corrected chi connectivity index (χ3v) is 4.11. The Kier molecular flexibility index (Phi) is 8.09. The SMILES string of the molecule is CCOc1ccc(OCCNC(=O)COC(=O)C2CCCCC2)cc1. The lowest BCUT2D eigenvalue weighted by atomic mass is 9.89. The highest BCUT2D eigenvalue weighted by Gasteiger charge is 2.22. The summed E-state index contributed by atoms with van der Waals surface area (Å²) in [5.41, 5.74) is 0. The molecule has 1 aromatic carbocycles. The summed E-state index contributed by atoms with van der Waals surface area (Å²) in [6.07, 6.45) is 5.05. The molecule has 1 fully saturated rings. The Hall–Kier alpha value is -2.24. The van der Waals surface area contributed by atoms with Crippen molar-refractivity contribution in [1.29, 1.82) is 0 Å². The van der Waals surface area contributed by atoms with Gasteiger partial charge in [-0.15, -0.1) is 0 Å². The zero-order valence-corrected chi connectivity index (χ0v) is 14.8. The van der Waals surface area contributed by atoms with Crippen molar-refractivity contribution in [3.05, 3.63) is 24.3 Å². The third-order valence-electron chi connectivity index (χ3n) is 4.11. The van der Waals surface area contributed by atoms with Crippen molar-refractivity contribution in [1.82, 2.24) is 5.32 Å². The minimum atomic E-state index is -0.306. The Morgan fingerprint density at radius 2 is 1.68 bits per heavy atom. The molecule has 6 heteroatoms. The lowest BCUT2D eigenvalue weighted by molar-refractivity contribution is -0.153. The fraction of sp³-hybridized carbons (Fsp3) is 0.579. The first-order valence-electron chi connectivity index (χ1n) is 8.98. The van der Waals surface area contributed by atoms with Crippen molar-refractivity contribution in [3.8, 4) is 11.5 Å². The minimum Gasteiger partial charge on any atom is -0.494 e. The molecule has 1 aliphatic carbocycles. The molecule has 0 saturated heterocycles. The van der Waals surface area contributed by atoms with Crippen molar-refractivity contribution in [2.24, 2.45) is 5.92 Å². The van der Waals surface area contributed by atoms with Crippen LogP contribution in [0.25, 0.3) is 0 Å². The maximum atomic E-state index is 11.9. The molecule has 0 bridgehead atoms. The fourth-order valence-corrected chi connectivity index (χ4v) is 2.80. The van der Waals surface area contributed by atoms with Crippen LogP contribution in [0.1, 0.15) is 39.0 Å². The van der Waals surface area contributed by atoms with Gasteiger partial charge in [0.05, 0.1) is 19.1 Å². The molecule has 1 N–H and O–H groups in total. The van der Waals surface area contributed by atoms with Gasteiger partial charge in [0.1, 0.15) is 18.1 Å². The van der Waals surface area contributed by atoms with E-state index in [1.807, 2.05) is 31.2 Å². The van der Waals surface area contributed by atoms with Gasteiger partial charge in [-0.1, -0.05) is 19.3 Å². The first-order valence-corrected chi connectivity index (χ1v) is 8.98. The van der Waals surface area contributed by atoms with Crippen LogP contribution in [-0.4, -0.2) is 38.2 Å². The van der Waals surface area contributed by atoms with E-state index in [-0.39, 0.29) is 24.4 Å². The number of hydrogen-bond donors (Lipinski definition) is 1. The number of benzene rings is 1. The largest absolute Gasteiger partial charge is 0.494 e. The lowest BCUT2D eigenvalue weighted by Crippen LogP contribution is -2.33. The number of rotatable bonds is 9. The van der Waals surface area contributed by atoms with Gasteiger partial charge < -0.3 is 19.5 Å². The highest BCUT2D eigenvalue weighted by atomic mass is 16.5. The van der Waals surface area contributed by atoms with Gasteiger partial charge in [-0.05, 0) is 44.0 Å². The molecule has 0 heterocycles. The van der Waals surface area contributed by atoms with Gasteiger partial charge in [0.15, 0.2) is 6.61 Å². The summed E-state index contributed by atoms with van der Waals surface area (Å²) in [5, 5.41) is 2.68. The summed E-state index contributed by atoms with van der Waals surface area (Å²) in [6.45, 7) is 3.03. The summed E-state index contributed by atoms with van der Waals surface area (Å²) in [6, 6.07) is 7.31. The molecule has 0 spiro atoms. The van der Waals surface area contributed by atoms with Crippen LogP contribution in [0.2, 0.25) is 0 Å². The van der Waals surface area contributed by atoms with E-state index in [1.54, 1.807) is 0 Å². The minimum absolute atomic E-state index is 0.0375. The number of carbonyl (C=O) groups excluding carboxylic acids is 2. The monoisotopic (exact) mass is 349 g/mol. The second-order valence-electron chi connectivity index (χ2n) is 6.05. The standard InChI is InChI=1S/C19H27NO5/c1-2-23-16-8-10-17(11-9-16)24-13-12-20-18(21)14-25-19(22)15-6-4-3-5-7-15/h8-11,15H,2-7,12-14H2,1H3,(H,20,21). The Labute approximate surface area is 148 Å². The molecule has 6 nitrogen and oxygen atoms in total. The highest BCUT2D eigenvalue weighted by Crippen LogP contribution is 2.24. The van der Waals surface area contributed by atoms with E-state index >= 15 is 0 Å². The number of ether oxygens (including phenoxy) is 3. The van der Waals surface area contributed by atoms with Gasteiger partial charge in [0.25, 0.3) is 5.91 Å². The van der Waals surface area contributed by atoms with Crippen LogP contribution in [0.5, 0.6) is 11.5 Å². The molecule has 0 radical (unpaired) electrons. The Bertz CT molecular complexity index is 537. The van der Waals surface area contributed by atoms with E-state index in [0.29, 0.717) is 25.5 Å². The molecule has 1 aliphatic rings. The van der Waals surface area contributed by atoms with Gasteiger partial charge in [0.2, 0.25) is 0 Å². The molecule has 0 atom stereocenters. The maximum absolute atomic E-state index is 11.9. The maximum Gasteiger partial charge on any atom is 0.309 e. The van der Waals surface area contributed by atoms with Gasteiger partial charge in [0, 0.05) is 0 Å². The second-order valence-corrected chi connectivity index (χ2v) is 6.05. The van der Waals surface area contributed by atoms with Gasteiger partial charge in [-0.2, -0.15) is 0 Å². The Morgan fingerprint density at radius 1 is 1.04 bits per heavy atom. The van der Waals surface area contributed by atoms with Crippen molar-refractivity contribution in [2.75, 3.05) is 26.4 Å². The van der Waals surface area contributed by atoms with Crippen molar-refractivity contribution in [2.45, 2.75) is 39.0 Å². The number of nitrogens with one attached hydrogen (secondary N) is 1. The first kappa shape index (κ1) is 19.1. The van der Waals surface area contributed by atoms with E-state index < -0.39 is 0 Å². The second kappa shape index (κ2) is 10.6. The summed E-state index contributed by atoms with van der Waals surface area (Å²) in [4.78, 5) is 23.6. The molecule has 2 rings (SSSR count). The van der Waals surface area contributed by atoms with Crippen LogP contribution in [0.3, 0.4) is 0 Å². The average Bonchev–Trinajstić information content (AvgIpc) is 2.65. The van der Waals surface area contributed by atoms with Crippen molar-refractivity contribution < 1.29 is 23.8 Å². The molecule has 1 saturated carbocycles. The molecule has 138 valence electrons. The molecule has 1 amide bonds. The van der Waals surface area contributed by atoms with Crippen LogP contribution < -0.4 is 14.8 Å². The summed E-state index contributed by atoms with van der Waals surface area (Å²) < 4.78 is 16.0. The Morgan fingerprint density at radius 3 is 2.32 bits per heavy atom. The summed E-state index contributed by atoms with van der Waals surface area (Å²) >= 11 is 0. The van der Waals surface area contributed by atoms with E-state index in [4.69, 9.17) is 14.2 Å². The first-order chi connectivity index (χ1) is 12.2. The summed E-state index contributed by atoms with van der Waals surface area (Å²) in [7, 11) is 0. The van der Waals surface area contributed by atoms with Crippen LogP contribution in [0, 0.1) is 5.92 Å². The smallest absolute Gasteiger partial charge is 0.309 e. The summed E-state index contributed by atoms with van der Waals surface area (Å²) in [5.74, 6) is 0.911. The van der Waals surface area contributed by atoms with Gasteiger partial charge in [-0.25, -0.2) is 0 Å². The van der Waals surface area contributed by atoms with Gasteiger partial charge in [-0.3, -0.25) is 9.59 Å². The zero-order valence-electron chi connectivity index (χ0n) is 14.8.